The summed E-state index contributed by atoms with van der Waals surface area (Å²) in [4.78, 5) is 2.56. The molecule has 2 aliphatic heterocycles. The van der Waals surface area contributed by atoms with Gasteiger partial charge in [-0.05, 0) is 55.9 Å². The van der Waals surface area contributed by atoms with Gasteiger partial charge in [-0.2, -0.15) is 0 Å². The van der Waals surface area contributed by atoms with Gasteiger partial charge < -0.3 is 10.2 Å². The maximum absolute atomic E-state index is 3.94. The van der Waals surface area contributed by atoms with Crippen molar-refractivity contribution >= 4 is 23.1 Å². The molecule has 2 aliphatic rings. The highest BCUT2D eigenvalue weighted by atomic mass is 32.2. The third-order valence-electron chi connectivity index (χ3n) is 4.38. The highest BCUT2D eigenvalue weighted by Crippen LogP contribution is 2.44. The van der Waals surface area contributed by atoms with E-state index in [4.69, 9.17) is 0 Å². The number of hydrogen-bond acceptors (Lipinski definition) is 4. The predicted molar refractivity (Wildman–Crippen MR) is 85.3 cm³/mol. The highest BCUT2D eigenvalue weighted by Gasteiger charge is 2.29. The van der Waals surface area contributed by atoms with Crippen LogP contribution < -0.4 is 5.32 Å². The standard InChI is InChI=1S/C15H24N2S2/c1-3-17-7-4-12(5-8-17)16-14-10-11(2)19-15-13(14)6-9-18-15/h6,9,11-12,14,16H,3-5,7-8,10H2,1-2H3/t11-,14?/m0/s1. The number of fused-ring (bicyclic) bond motifs is 1. The third kappa shape index (κ3) is 3.18. The van der Waals surface area contributed by atoms with E-state index >= 15 is 0 Å². The summed E-state index contributed by atoms with van der Waals surface area (Å²) in [5, 5.41) is 6.95. The fraction of sp³-hybridized carbons (Fsp3) is 0.733. The lowest BCUT2D eigenvalue weighted by molar-refractivity contribution is 0.197. The SMILES string of the molecule is CCN1CCC(NC2C[C@H](C)Sc3sccc32)CC1. The molecule has 2 nitrogen and oxygen atoms in total. The fourth-order valence-corrected chi connectivity index (χ4v) is 5.77. The zero-order valence-corrected chi connectivity index (χ0v) is 13.5. The Balaban J connectivity index is 1.62. The molecular formula is C15H24N2S2. The van der Waals surface area contributed by atoms with E-state index in [1.165, 1.54) is 38.9 Å². The lowest BCUT2D eigenvalue weighted by atomic mass is 9.99. The zero-order chi connectivity index (χ0) is 13.2. The summed E-state index contributed by atoms with van der Waals surface area (Å²) < 4.78 is 1.54. The first-order chi connectivity index (χ1) is 9.26. The summed E-state index contributed by atoms with van der Waals surface area (Å²) >= 11 is 3.97. The molecule has 0 amide bonds. The van der Waals surface area contributed by atoms with Crippen LogP contribution in [0.4, 0.5) is 0 Å². The summed E-state index contributed by atoms with van der Waals surface area (Å²) in [6, 6.07) is 3.64. The summed E-state index contributed by atoms with van der Waals surface area (Å²) in [6.45, 7) is 8.37. The van der Waals surface area contributed by atoms with Gasteiger partial charge in [0.1, 0.15) is 0 Å². The van der Waals surface area contributed by atoms with E-state index in [1.807, 2.05) is 11.3 Å². The molecule has 3 heterocycles. The second kappa shape index (κ2) is 6.17. The van der Waals surface area contributed by atoms with Gasteiger partial charge in [-0.3, -0.25) is 0 Å². The quantitative estimate of drug-likeness (QED) is 0.914. The number of thioether (sulfide) groups is 1. The van der Waals surface area contributed by atoms with Crippen molar-refractivity contribution in [1.29, 1.82) is 0 Å². The van der Waals surface area contributed by atoms with E-state index in [0.29, 0.717) is 6.04 Å². The number of piperidine rings is 1. The van der Waals surface area contributed by atoms with Gasteiger partial charge in [-0.25, -0.2) is 0 Å². The van der Waals surface area contributed by atoms with Gasteiger partial charge in [0.2, 0.25) is 0 Å². The average molecular weight is 297 g/mol. The molecule has 106 valence electrons. The second-order valence-corrected chi connectivity index (χ2v) is 8.38. The molecule has 1 aromatic heterocycles. The van der Waals surface area contributed by atoms with E-state index < -0.39 is 0 Å². The second-order valence-electron chi connectivity index (χ2n) is 5.76. The van der Waals surface area contributed by atoms with Crippen molar-refractivity contribution in [3.05, 3.63) is 17.0 Å². The molecule has 0 saturated carbocycles. The number of likely N-dealkylation sites (tertiary alicyclic amines) is 1. The van der Waals surface area contributed by atoms with Gasteiger partial charge in [-0.1, -0.05) is 13.8 Å². The van der Waals surface area contributed by atoms with Gasteiger partial charge in [0.05, 0.1) is 4.21 Å². The van der Waals surface area contributed by atoms with Crippen LogP contribution in [-0.4, -0.2) is 35.8 Å². The molecule has 0 aliphatic carbocycles. The van der Waals surface area contributed by atoms with Crippen molar-refractivity contribution in [2.24, 2.45) is 0 Å². The Bertz CT molecular complexity index is 410. The monoisotopic (exact) mass is 296 g/mol. The van der Waals surface area contributed by atoms with Crippen molar-refractivity contribution in [1.82, 2.24) is 10.2 Å². The van der Waals surface area contributed by atoms with Crippen LogP contribution in [-0.2, 0) is 0 Å². The van der Waals surface area contributed by atoms with Crippen molar-refractivity contribution in [2.75, 3.05) is 19.6 Å². The normalized spacial score (nSPS) is 29.4. The molecule has 0 bridgehead atoms. The van der Waals surface area contributed by atoms with Crippen molar-refractivity contribution < 1.29 is 0 Å². The molecule has 19 heavy (non-hydrogen) atoms. The minimum Gasteiger partial charge on any atom is -0.307 e. The first-order valence-corrected chi connectivity index (χ1v) is 9.24. The summed E-state index contributed by atoms with van der Waals surface area (Å²) in [5.74, 6) is 0. The Kier molecular flexibility index (Phi) is 4.52. The molecule has 2 atom stereocenters. The molecule has 1 fully saturated rings. The Morgan fingerprint density at radius 3 is 2.89 bits per heavy atom. The van der Waals surface area contributed by atoms with E-state index in [2.05, 4.69) is 47.3 Å². The first-order valence-electron chi connectivity index (χ1n) is 7.48. The molecule has 0 radical (unpaired) electrons. The topological polar surface area (TPSA) is 15.3 Å². The number of nitrogens with one attached hydrogen (secondary N) is 1. The molecule has 0 spiro atoms. The first kappa shape index (κ1) is 13.9. The minimum atomic E-state index is 0.593. The molecule has 3 rings (SSSR count). The zero-order valence-electron chi connectivity index (χ0n) is 11.9. The minimum absolute atomic E-state index is 0.593. The van der Waals surface area contributed by atoms with Crippen molar-refractivity contribution in [3.63, 3.8) is 0 Å². The van der Waals surface area contributed by atoms with Crippen LogP contribution in [0.15, 0.2) is 15.7 Å². The lowest BCUT2D eigenvalue weighted by Crippen LogP contribution is -2.44. The van der Waals surface area contributed by atoms with Crippen LogP contribution in [0.25, 0.3) is 0 Å². The van der Waals surface area contributed by atoms with E-state index in [0.717, 1.165) is 11.3 Å². The van der Waals surface area contributed by atoms with Crippen LogP contribution >= 0.6 is 23.1 Å². The fourth-order valence-electron chi connectivity index (χ4n) is 3.21. The molecule has 1 N–H and O–H groups in total. The maximum Gasteiger partial charge on any atom is 0.0649 e. The Morgan fingerprint density at radius 1 is 1.37 bits per heavy atom. The smallest absolute Gasteiger partial charge is 0.0649 e. The van der Waals surface area contributed by atoms with Gasteiger partial charge >= 0.3 is 0 Å². The molecule has 4 heteroatoms. The summed E-state index contributed by atoms with van der Waals surface area (Å²) in [5.41, 5.74) is 1.56. The summed E-state index contributed by atoms with van der Waals surface area (Å²) in [6.07, 6.45) is 3.90. The van der Waals surface area contributed by atoms with E-state index in [9.17, 15) is 0 Å². The van der Waals surface area contributed by atoms with Crippen molar-refractivity contribution in [3.8, 4) is 0 Å². The lowest BCUT2D eigenvalue weighted by Gasteiger charge is -2.36. The van der Waals surface area contributed by atoms with Crippen molar-refractivity contribution in [2.45, 2.75) is 54.7 Å². The number of rotatable bonds is 3. The molecule has 0 aromatic carbocycles. The average Bonchev–Trinajstić information content (AvgIpc) is 2.88. The Hall–Kier alpha value is -0.0300. The summed E-state index contributed by atoms with van der Waals surface area (Å²) in [7, 11) is 0. The van der Waals surface area contributed by atoms with Gasteiger partial charge in [-0.15, -0.1) is 23.1 Å². The highest BCUT2D eigenvalue weighted by molar-refractivity contribution is 8.01. The third-order valence-corrected chi connectivity index (χ3v) is 6.73. The van der Waals surface area contributed by atoms with E-state index in [1.54, 1.807) is 9.77 Å². The maximum atomic E-state index is 3.94. The molecule has 1 unspecified atom stereocenters. The Morgan fingerprint density at radius 2 is 2.16 bits per heavy atom. The van der Waals surface area contributed by atoms with Crippen LogP contribution in [0.1, 0.15) is 44.7 Å². The van der Waals surface area contributed by atoms with Crippen LogP contribution in [0.3, 0.4) is 0 Å². The van der Waals surface area contributed by atoms with Gasteiger partial charge in [0.15, 0.2) is 0 Å². The molecular weight excluding hydrogens is 272 g/mol. The largest absolute Gasteiger partial charge is 0.307 e. The number of hydrogen-bond donors (Lipinski definition) is 1. The van der Waals surface area contributed by atoms with Gasteiger partial charge in [0.25, 0.3) is 0 Å². The number of thiophene rings is 1. The van der Waals surface area contributed by atoms with Gasteiger partial charge in [0, 0.05) is 17.3 Å². The van der Waals surface area contributed by atoms with Crippen LogP contribution in [0, 0.1) is 0 Å². The predicted octanol–water partition coefficient (Wildman–Crippen LogP) is 3.75. The molecule has 1 saturated heterocycles. The molecule has 1 aromatic rings. The number of nitrogens with zero attached hydrogens (tertiary/aromatic N) is 1. The van der Waals surface area contributed by atoms with E-state index in [-0.39, 0.29) is 0 Å². The van der Waals surface area contributed by atoms with Crippen LogP contribution in [0.2, 0.25) is 0 Å². The van der Waals surface area contributed by atoms with Crippen LogP contribution in [0.5, 0.6) is 0 Å². The Labute approximate surface area is 125 Å².